The van der Waals surface area contributed by atoms with Gasteiger partial charge in [-0.2, -0.15) is 9.65 Å². The molecule has 13 heteroatoms. The van der Waals surface area contributed by atoms with Crippen LogP contribution in [-0.2, 0) is 4.74 Å². The van der Waals surface area contributed by atoms with E-state index in [0.717, 1.165) is 23.5 Å². The van der Waals surface area contributed by atoms with Gasteiger partial charge in [-0.15, -0.1) is 5.53 Å². The summed E-state index contributed by atoms with van der Waals surface area (Å²) in [5.74, 6) is -2.34. The highest BCUT2D eigenvalue weighted by atomic mass is 35.5. The highest BCUT2D eigenvalue weighted by molar-refractivity contribution is 6.36. The number of nitrogens with one attached hydrogen (secondary N) is 4. The van der Waals surface area contributed by atoms with Crippen molar-refractivity contribution in [2.75, 3.05) is 23.8 Å². The Balaban J connectivity index is 1.41. The number of anilines is 3. The normalized spacial score (nSPS) is 15.7. The quantitative estimate of drug-likeness (QED) is 0.209. The first kappa shape index (κ1) is 26.0. The summed E-state index contributed by atoms with van der Waals surface area (Å²) in [5.41, 5.74) is 9.84. The van der Waals surface area contributed by atoms with Crippen molar-refractivity contribution < 1.29 is 13.5 Å². The van der Waals surface area contributed by atoms with Gasteiger partial charge in [-0.25, -0.2) is 9.37 Å². The van der Waals surface area contributed by atoms with E-state index in [0.29, 0.717) is 45.5 Å². The SMILES string of the molecule is N#Cc1cnc2c(Cl)cc(N[C@H](C3=CN(C4COC4)NN3)c3ccc(Cl)cc3)cc2c1Nc1cnc(F)c(F)c1. The maximum Gasteiger partial charge on any atom is 0.249 e. The van der Waals surface area contributed by atoms with Gasteiger partial charge < -0.3 is 20.8 Å². The standard InChI is InChI=1S/C27H20Cl2F2N8O/c28-16-3-1-14(2-4-16)25(23-11-39(38-37-23)19-12-40-13-19)35-17-5-20-24(36-18-7-22(30)27(31)34-10-18)15(8-32)9-33-26(20)21(29)6-17/h1-7,9-11,19,25,35,37-38H,12-13H2,(H,33,36)/t25-/m0/s1. The topological polar surface area (TPSA) is 110 Å². The molecule has 1 fully saturated rings. The largest absolute Gasteiger partial charge is 0.377 e. The molecular formula is C27H20Cl2F2N8O. The molecule has 2 aromatic carbocycles. The van der Waals surface area contributed by atoms with Crippen LogP contribution < -0.4 is 21.6 Å². The van der Waals surface area contributed by atoms with E-state index >= 15 is 0 Å². The van der Waals surface area contributed by atoms with Gasteiger partial charge in [0.15, 0.2) is 5.82 Å². The molecule has 9 nitrogen and oxygen atoms in total. The Kier molecular flexibility index (Phi) is 7.00. The van der Waals surface area contributed by atoms with Crippen molar-refractivity contribution in [2.45, 2.75) is 12.1 Å². The fourth-order valence-corrected chi connectivity index (χ4v) is 4.82. The Morgan fingerprint density at radius 3 is 2.58 bits per heavy atom. The predicted molar refractivity (Wildman–Crippen MR) is 148 cm³/mol. The second-order valence-corrected chi connectivity index (χ2v) is 10.0. The molecule has 0 radical (unpaired) electrons. The van der Waals surface area contributed by atoms with Crippen molar-refractivity contribution in [3.8, 4) is 6.07 Å². The van der Waals surface area contributed by atoms with Gasteiger partial charge in [0.05, 0.1) is 64.7 Å². The van der Waals surface area contributed by atoms with E-state index in [2.05, 4.69) is 37.6 Å². The van der Waals surface area contributed by atoms with Crippen molar-refractivity contribution in [2.24, 2.45) is 0 Å². The number of hydrogen-bond donors (Lipinski definition) is 4. The molecule has 0 amide bonds. The Hall–Kier alpha value is -4.21. The Morgan fingerprint density at radius 1 is 1.07 bits per heavy atom. The average molecular weight is 581 g/mol. The van der Waals surface area contributed by atoms with Crippen LogP contribution >= 0.6 is 23.2 Å². The van der Waals surface area contributed by atoms with E-state index in [1.54, 1.807) is 24.3 Å². The van der Waals surface area contributed by atoms with E-state index in [9.17, 15) is 14.0 Å². The molecule has 2 aromatic heterocycles. The molecule has 1 saturated heterocycles. The van der Waals surface area contributed by atoms with E-state index < -0.39 is 11.8 Å². The van der Waals surface area contributed by atoms with Gasteiger partial charge in [-0.1, -0.05) is 35.3 Å². The zero-order valence-corrected chi connectivity index (χ0v) is 22.1. The minimum atomic E-state index is -1.22. The van der Waals surface area contributed by atoms with Crippen molar-refractivity contribution in [3.05, 3.63) is 99.7 Å². The number of nitrogens with zero attached hydrogens (tertiary/aromatic N) is 4. The van der Waals surface area contributed by atoms with Crippen molar-refractivity contribution in [3.63, 3.8) is 0 Å². The molecule has 40 heavy (non-hydrogen) atoms. The van der Waals surface area contributed by atoms with E-state index in [4.69, 9.17) is 27.9 Å². The summed E-state index contributed by atoms with van der Waals surface area (Å²) in [7, 11) is 0. The molecular weight excluding hydrogens is 561 g/mol. The van der Waals surface area contributed by atoms with Gasteiger partial charge >= 0.3 is 0 Å². The van der Waals surface area contributed by atoms with Gasteiger partial charge in [-0.05, 0) is 29.8 Å². The molecule has 4 N–H and O–H groups in total. The second kappa shape index (κ2) is 10.7. The summed E-state index contributed by atoms with van der Waals surface area (Å²) in [4.78, 5) is 7.77. The highest BCUT2D eigenvalue weighted by Gasteiger charge is 2.30. The number of ether oxygens (including phenoxy) is 1. The van der Waals surface area contributed by atoms with Gasteiger partial charge in [0.2, 0.25) is 5.95 Å². The maximum atomic E-state index is 13.9. The average Bonchev–Trinajstić information content (AvgIpc) is 3.38. The summed E-state index contributed by atoms with van der Waals surface area (Å²) in [6.45, 7) is 1.24. The van der Waals surface area contributed by atoms with Gasteiger partial charge in [0, 0.05) is 34.6 Å². The number of nitriles is 1. The molecule has 2 aliphatic heterocycles. The number of benzene rings is 2. The Bertz CT molecular complexity index is 1670. The van der Waals surface area contributed by atoms with Crippen LogP contribution in [0.3, 0.4) is 0 Å². The van der Waals surface area contributed by atoms with Crippen molar-refractivity contribution in [1.82, 2.24) is 25.9 Å². The molecule has 0 saturated carbocycles. The number of hydrazine groups is 2. The molecule has 202 valence electrons. The maximum absolute atomic E-state index is 13.9. The summed E-state index contributed by atoms with van der Waals surface area (Å²) in [5, 5.41) is 19.6. The van der Waals surface area contributed by atoms with Crippen LogP contribution in [0.4, 0.5) is 25.8 Å². The Morgan fingerprint density at radius 2 is 1.88 bits per heavy atom. The van der Waals surface area contributed by atoms with E-state index in [-0.39, 0.29) is 23.3 Å². The molecule has 0 unspecified atom stereocenters. The van der Waals surface area contributed by atoms with Crippen LogP contribution in [0.2, 0.25) is 10.0 Å². The first-order valence-electron chi connectivity index (χ1n) is 12.1. The molecule has 4 aromatic rings. The van der Waals surface area contributed by atoms with Crippen LogP contribution in [0.15, 0.2) is 66.8 Å². The number of aromatic nitrogens is 2. The molecule has 0 spiro atoms. The molecule has 6 rings (SSSR count). The third-order valence-corrected chi connectivity index (χ3v) is 7.10. The van der Waals surface area contributed by atoms with Gasteiger partial charge in [0.1, 0.15) is 6.07 Å². The minimum absolute atomic E-state index is 0.155. The molecule has 2 aliphatic rings. The third-order valence-electron chi connectivity index (χ3n) is 6.56. The summed E-state index contributed by atoms with van der Waals surface area (Å²) >= 11 is 12.8. The fourth-order valence-electron chi connectivity index (χ4n) is 4.43. The summed E-state index contributed by atoms with van der Waals surface area (Å²) < 4.78 is 32.6. The lowest BCUT2D eigenvalue weighted by molar-refractivity contribution is -0.0635. The lowest BCUT2D eigenvalue weighted by atomic mass is 10.0. The fraction of sp³-hybridized carbons (Fsp3) is 0.148. The highest BCUT2D eigenvalue weighted by Crippen LogP contribution is 2.37. The minimum Gasteiger partial charge on any atom is -0.377 e. The molecule has 0 bridgehead atoms. The number of hydrogen-bond acceptors (Lipinski definition) is 9. The van der Waals surface area contributed by atoms with E-state index in [1.165, 1.54) is 6.20 Å². The number of pyridine rings is 2. The summed E-state index contributed by atoms with van der Waals surface area (Å²) in [6, 6.07) is 13.9. The van der Waals surface area contributed by atoms with Gasteiger partial charge in [0.25, 0.3) is 0 Å². The van der Waals surface area contributed by atoms with Gasteiger partial charge in [-0.3, -0.25) is 9.99 Å². The lowest BCUT2D eigenvalue weighted by Crippen LogP contribution is -2.52. The first-order valence-corrected chi connectivity index (χ1v) is 12.9. The zero-order chi connectivity index (χ0) is 27.8. The van der Waals surface area contributed by atoms with Crippen molar-refractivity contribution >= 4 is 51.2 Å². The molecule has 1 atom stereocenters. The molecule has 4 heterocycles. The van der Waals surface area contributed by atoms with Crippen LogP contribution in [-0.4, -0.2) is 34.2 Å². The van der Waals surface area contributed by atoms with Crippen LogP contribution in [0, 0.1) is 23.1 Å². The smallest absolute Gasteiger partial charge is 0.249 e. The summed E-state index contributed by atoms with van der Waals surface area (Å²) in [6.07, 6.45) is 4.47. The predicted octanol–water partition coefficient (Wildman–Crippen LogP) is 5.55. The number of halogens is 4. The van der Waals surface area contributed by atoms with E-state index in [1.807, 2.05) is 23.3 Å². The monoisotopic (exact) mass is 580 g/mol. The van der Waals surface area contributed by atoms with Crippen LogP contribution in [0.1, 0.15) is 17.2 Å². The lowest BCUT2D eigenvalue weighted by Gasteiger charge is -2.33. The van der Waals surface area contributed by atoms with Crippen LogP contribution in [0.25, 0.3) is 10.9 Å². The second-order valence-electron chi connectivity index (χ2n) is 9.18. The van der Waals surface area contributed by atoms with Crippen LogP contribution in [0.5, 0.6) is 0 Å². The molecule has 0 aliphatic carbocycles. The van der Waals surface area contributed by atoms with Crippen molar-refractivity contribution in [1.29, 1.82) is 5.26 Å². The first-order chi connectivity index (χ1) is 19.4. The Labute approximate surface area is 237 Å². The zero-order valence-electron chi connectivity index (χ0n) is 20.6. The number of fused-ring (bicyclic) bond motifs is 1. The third kappa shape index (κ3) is 5.05. The number of rotatable bonds is 7.